The fourth-order valence-corrected chi connectivity index (χ4v) is 3.19. The smallest absolute Gasteiger partial charge is 0.324 e. The summed E-state index contributed by atoms with van der Waals surface area (Å²) < 4.78 is 42.0. The molecule has 0 fully saturated rings. The van der Waals surface area contributed by atoms with Crippen LogP contribution in [0.25, 0.3) is 0 Å². The molecular formula is C14H16FN3O3S. The molecule has 118 valence electrons. The van der Waals surface area contributed by atoms with E-state index in [0.29, 0.717) is 23.4 Å². The molecule has 1 aliphatic heterocycles. The molecule has 0 atom stereocenters. The van der Waals surface area contributed by atoms with Crippen LogP contribution in [0.5, 0.6) is 0 Å². The van der Waals surface area contributed by atoms with Gasteiger partial charge in [0.2, 0.25) is 5.91 Å². The molecule has 0 spiro atoms. The minimum atomic E-state index is -3.68. The van der Waals surface area contributed by atoms with Crippen LogP contribution in [0.15, 0.2) is 39.9 Å². The lowest BCUT2D eigenvalue weighted by atomic mass is 10.0. The molecule has 1 amide bonds. The fourth-order valence-electron chi connectivity index (χ4n) is 2.17. The second kappa shape index (κ2) is 6.27. The van der Waals surface area contributed by atoms with Gasteiger partial charge < -0.3 is 5.32 Å². The quantitative estimate of drug-likeness (QED) is 0.889. The van der Waals surface area contributed by atoms with Crippen LogP contribution in [0.1, 0.15) is 26.7 Å². The topological polar surface area (TPSA) is 87.6 Å². The van der Waals surface area contributed by atoms with E-state index in [1.165, 1.54) is 18.2 Å². The molecule has 0 bridgehead atoms. The van der Waals surface area contributed by atoms with Gasteiger partial charge in [-0.15, -0.1) is 4.40 Å². The van der Waals surface area contributed by atoms with Crippen LogP contribution < -0.4 is 10.0 Å². The van der Waals surface area contributed by atoms with Crippen molar-refractivity contribution in [3.05, 3.63) is 41.4 Å². The number of halogens is 1. The minimum Gasteiger partial charge on any atom is -0.324 e. The summed E-state index contributed by atoms with van der Waals surface area (Å²) in [6, 6.07) is 5.89. The highest BCUT2D eigenvalue weighted by molar-refractivity contribution is 7.88. The number of allylic oxidation sites excluding steroid dienone is 2. The van der Waals surface area contributed by atoms with E-state index in [-0.39, 0.29) is 18.0 Å². The van der Waals surface area contributed by atoms with Gasteiger partial charge in [-0.2, -0.15) is 8.42 Å². The van der Waals surface area contributed by atoms with Crippen LogP contribution in [0.2, 0.25) is 0 Å². The van der Waals surface area contributed by atoms with Crippen molar-refractivity contribution in [1.29, 1.82) is 0 Å². The van der Waals surface area contributed by atoms with Gasteiger partial charge in [-0.25, -0.2) is 4.39 Å². The molecule has 6 nitrogen and oxygen atoms in total. The zero-order chi connectivity index (χ0) is 16.3. The van der Waals surface area contributed by atoms with Gasteiger partial charge in [0.1, 0.15) is 5.82 Å². The Morgan fingerprint density at radius 2 is 2.00 bits per heavy atom. The van der Waals surface area contributed by atoms with Crippen LogP contribution in [-0.4, -0.2) is 20.0 Å². The van der Waals surface area contributed by atoms with E-state index in [2.05, 4.69) is 14.4 Å². The van der Waals surface area contributed by atoms with Crippen molar-refractivity contribution >= 4 is 27.5 Å². The Bertz CT molecular complexity index is 769. The van der Waals surface area contributed by atoms with Crippen molar-refractivity contribution in [1.82, 2.24) is 4.72 Å². The lowest BCUT2D eigenvalue weighted by Crippen LogP contribution is -2.28. The van der Waals surface area contributed by atoms with Crippen molar-refractivity contribution in [3.63, 3.8) is 0 Å². The van der Waals surface area contributed by atoms with Crippen LogP contribution in [-0.2, 0) is 15.0 Å². The van der Waals surface area contributed by atoms with Gasteiger partial charge in [-0.05, 0) is 38.0 Å². The third-order valence-corrected chi connectivity index (χ3v) is 4.26. The van der Waals surface area contributed by atoms with Crippen LogP contribution in [0, 0.1) is 5.82 Å². The van der Waals surface area contributed by atoms with Crippen molar-refractivity contribution in [2.24, 2.45) is 4.40 Å². The van der Waals surface area contributed by atoms with Crippen molar-refractivity contribution in [2.75, 3.05) is 5.32 Å². The zero-order valence-corrected chi connectivity index (χ0v) is 13.0. The average molecular weight is 325 g/mol. The zero-order valence-electron chi connectivity index (χ0n) is 12.2. The highest BCUT2D eigenvalue weighted by atomic mass is 32.2. The minimum absolute atomic E-state index is 0.0929. The summed E-state index contributed by atoms with van der Waals surface area (Å²) in [5.74, 6) is -0.860. The van der Waals surface area contributed by atoms with Gasteiger partial charge in [0, 0.05) is 12.1 Å². The molecule has 0 aromatic heterocycles. The molecule has 0 unspecified atom stereocenters. The first-order valence-electron chi connectivity index (χ1n) is 6.62. The molecule has 0 saturated heterocycles. The molecule has 0 radical (unpaired) electrons. The summed E-state index contributed by atoms with van der Waals surface area (Å²) in [6.07, 6.45) is 0.402. The lowest BCUT2D eigenvalue weighted by molar-refractivity contribution is -0.116. The number of hydrogen-bond donors (Lipinski definition) is 2. The number of hydrogen-bond acceptors (Lipinski definition) is 3. The van der Waals surface area contributed by atoms with Crippen LogP contribution >= 0.6 is 0 Å². The van der Waals surface area contributed by atoms with E-state index < -0.39 is 16.0 Å². The van der Waals surface area contributed by atoms with Gasteiger partial charge in [-0.3, -0.25) is 9.52 Å². The number of carbonyl (C=O) groups is 1. The fraction of sp³-hybridized carbons (Fsp3) is 0.286. The summed E-state index contributed by atoms with van der Waals surface area (Å²) in [6.45, 7) is 3.19. The Morgan fingerprint density at radius 3 is 2.64 bits per heavy atom. The predicted octanol–water partition coefficient (Wildman–Crippen LogP) is 2.13. The van der Waals surface area contributed by atoms with E-state index in [1.54, 1.807) is 19.9 Å². The Labute approximate surface area is 128 Å². The molecule has 2 N–H and O–H groups in total. The number of para-hydroxylation sites is 1. The Balaban J connectivity index is 2.00. The Morgan fingerprint density at radius 1 is 1.32 bits per heavy atom. The number of carbonyl (C=O) groups excluding carboxylic acids is 1. The average Bonchev–Trinajstić information content (AvgIpc) is 2.39. The standard InChI is InChI=1S/C14H16FN3O3S/c1-9-11(10(2)18-22(20,21)17-9)7-8-14(19)16-13-6-4-3-5-12(13)15/h3-6,17H,7-8H2,1-2H3,(H,16,19). The second-order valence-corrected chi connectivity index (χ2v) is 6.22. The molecule has 0 aliphatic carbocycles. The highest BCUT2D eigenvalue weighted by Crippen LogP contribution is 2.19. The van der Waals surface area contributed by atoms with Crippen molar-refractivity contribution < 1.29 is 17.6 Å². The normalized spacial score (nSPS) is 16.8. The Kier molecular flexibility index (Phi) is 4.60. The summed E-state index contributed by atoms with van der Waals surface area (Å²) >= 11 is 0. The molecular weight excluding hydrogens is 309 g/mol. The Hall–Kier alpha value is -2.22. The van der Waals surface area contributed by atoms with Gasteiger partial charge in [0.05, 0.1) is 11.4 Å². The largest absolute Gasteiger partial charge is 0.342 e. The highest BCUT2D eigenvalue weighted by Gasteiger charge is 2.20. The van der Waals surface area contributed by atoms with Gasteiger partial charge in [0.15, 0.2) is 0 Å². The van der Waals surface area contributed by atoms with E-state index in [9.17, 15) is 17.6 Å². The van der Waals surface area contributed by atoms with Crippen LogP contribution in [0.4, 0.5) is 10.1 Å². The first-order chi connectivity index (χ1) is 10.3. The maximum absolute atomic E-state index is 13.4. The molecule has 8 heteroatoms. The molecule has 1 aromatic rings. The summed E-state index contributed by atoms with van der Waals surface area (Å²) in [4.78, 5) is 11.9. The SMILES string of the molecule is CC1=NS(=O)(=O)NC(C)=C1CCC(=O)Nc1ccccc1F. The molecule has 1 heterocycles. The van der Waals surface area contributed by atoms with Crippen molar-refractivity contribution in [2.45, 2.75) is 26.7 Å². The van der Waals surface area contributed by atoms with Gasteiger partial charge in [0.25, 0.3) is 0 Å². The lowest BCUT2D eigenvalue weighted by Gasteiger charge is -2.17. The first-order valence-corrected chi connectivity index (χ1v) is 8.06. The third kappa shape index (κ3) is 3.91. The maximum atomic E-state index is 13.4. The van der Waals surface area contributed by atoms with Gasteiger partial charge in [-0.1, -0.05) is 12.1 Å². The monoisotopic (exact) mass is 325 g/mol. The summed E-state index contributed by atoms with van der Waals surface area (Å²) in [5.41, 5.74) is 1.59. The number of rotatable bonds is 4. The number of anilines is 1. The number of amides is 1. The van der Waals surface area contributed by atoms with Crippen LogP contribution in [0.3, 0.4) is 0 Å². The third-order valence-electron chi connectivity index (χ3n) is 3.18. The number of nitrogens with zero attached hydrogens (tertiary/aromatic N) is 1. The van der Waals surface area contributed by atoms with E-state index in [0.717, 1.165) is 0 Å². The molecule has 1 aromatic carbocycles. The molecule has 0 saturated carbocycles. The van der Waals surface area contributed by atoms with E-state index >= 15 is 0 Å². The summed E-state index contributed by atoms with van der Waals surface area (Å²) in [7, 11) is -3.68. The van der Waals surface area contributed by atoms with Crippen molar-refractivity contribution in [3.8, 4) is 0 Å². The number of nitrogens with one attached hydrogen (secondary N) is 2. The predicted molar refractivity (Wildman–Crippen MR) is 82.1 cm³/mol. The van der Waals surface area contributed by atoms with E-state index in [4.69, 9.17) is 0 Å². The van der Waals surface area contributed by atoms with E-state index in [1.807, 2.05) is 0 Å². The molecule has 2 rings (SSSR count). The number of benzene rings is 1. The second-order valence-electron chi connectivity index (χ2n) is 4.89. The molecule has 22 heavy (non-hydrogen) atoms. The first kappa shape index (κ1) is 16.2. The molecule has 1 aliphatic rings. The maximum Gasteiger partial charge on any atom is 0.342 e. The van der Waals surface area contributed by atoms with Gasteiger partial charge >= 0.3 is 10.2 Å². The summed E-state index contributed by atoms with van der Waals surface area (Å²) in [5, 5.41) is 2.48.